The second kappa shape index (κ2) is 8.87. The molecule has 0 spiro atoms. The molecule has 28 heavy (non-hydrogen) atoms. The average Bonchev–Trinajstić information content (AvgIpc) is 2.60. The Bertz CT molecular complexity index is 773. The maximum Gasteiger partial charge on any atom is 0.411 e. The highest BCUT2D eigenvalue weighted by molar-refractivity contribution is 5.82. The van der Waals surface area contributed by atoms with Crippen LogP contribution in [0.5, 0.6) is 0 Å². The van der Waals surface area contributed by atoms with Crippen molar-refractivity contribution in [2.45, 2.75) is 58.1 Å². The van der Waals surface area contributed by atoms with E-state index in [1.54, 1.807) is 45.0 Å². The zero-order chi connectivity index (χ0) is 20.9. The van der Waals surface area contributed by atoms with Gasteiger partial charge in [-0.05, 0) is 57.2 Å². The number of carboxylic acids is 1. The van der Waals surface area contributed by atoms with Crippen molar-refractivity contribution in [2.24, 2.45) is 5.92 Å². The first kappa shape index (κ1) is 21.4. The Morgan fingerprint density at radius 2 is 1.89 bits per heavy atom. The van der Waals surface area contributed by atoms with Gasteiger partial charge < -0.3 is 9.84 Å². The van der Waals surface area contributed by atoms with Crippen molar-refractivity contribution >= 4 is 17.8 Å². The summed E-state index contributed by atoms with van der Waals surface area (Å²) in [5.74, 6) is -1.16. The van der Waals surface area contributed by atoms with Gasteiger partial charge in [0.25, 0.3) is 0 Å². The van der Waals surface area contributed by atoms with Gasteiger partial charge in [0, 0.05) is 19.4 Å². The number of piperidine rings is 1. The number of ether oxygens (including phenoxy) is 1. The monoisotopic (exact) mass is 386 g/mol. The molecular formula is C21H26N2O5. The molecule has 0 aliphatic carbocycles. The van der Waals surface area contributed by atoms with Gasteiger partial charge >= 0.3 is 12.1 Å². The van der Waals surface area contributed by atoms with E-state index in [1.165, 1.54) is 4.90 Å². The summed E-state index contributed by atoms with van der Waals surface area (Å²) in [6.07, 6.45) is 0.666. The summed E-state index contributed by atoms with van der Waals surface area (Å²) in [4.78, 5) is 37.6. The highest BCUT2D eigenvalue weighted by Crippen LogP contribution is 2.28. The number of nitriles is 1. The van der Waals surface area contributed by atoms with E-state index in [4.69, 9.17) is 10.00 Å². The number of likely N-dealkylation sites (tertiary alicyclic amines) is 1. The van der Waals surface area contributed by atoms with Gasteiger partial charge in [0.1, 0.15) is 17.4 Å². The molecule has 0 aromatic heterocycles. The first-order valence-corrected chi connectivity index (χ1v) is 9.32. The minimum absolute atomic E-state index is 0.0181. The van der Waals surface area contributed by atoms with E-state index >= 15 is 0 Å². The average molecular weight is 386 g/mol. The van der Waals surface area contributed by atoms with Crippen LogP contribution in [0.15, 0.2) is 24.3 Å². The van der Waals surface area contributed by atoms with Crippen molar-refractivity contribution in [2.75, 3.05) is 6.54 Å². The third kappa shape index (κ3) is 6.08. The molecule has 0 bridgehead atoms. The molecule has 1 aromatic rings. The first-order valence-electron chi connectivity index (χ1n) is 9.32. The quantitative estimate of drug-likeness (QED) is 0.833. The lowest BCUT2D eigenvalue weighted by atomic mass is 9.86. The molecule has 1 amide bonds. The molecule has 2 atom stereocenters. The molecule has 1 fully saturated rings. The lowest BCUT2D eigenvalue weighted by Crippen LogP contribution is -2.51. The number of ketones is 1. The van der Waals surface area contributed by atoms with Gasteiger partial charge in [-0.2, -0.15) is 5.26 Å². The van der Waals surface area contributed by atoms with Gasteiger partial charge in [-0.1, -0.05) is 12.1 Å². The summed E-state index contributed by atoms with van der Waals surface area (Å²) in [7, 11) is 0. The third-order valence-electron chi connectivity index (χ3n) is 4.62. The molecule has 1 heterocycles. The van der Waals surface area contributed by atoms with E-state index in [-0.39, 0.29) is 37.5 Å². The van der Waals surface area contributed by atoms with E-state index in [2.05, 4.69) is 0 Å². The van der Waals surface area contributed by atoms with Crippen LogP contribution in [0.4, 0.5) is 4.79 Å². The zero-order valence-electron chi connectivity index (χ0n) is 16.5. The number of nitrogens with zero attached hydrogens (tertiary/aromatic N) is 2. The molecule has 2 rings (SSSR count). The number of amides is 1. The fraction of sp³-hybridized carbons (Fsp3) is 0.524. The van der Waals surface area contributed by atoms with E-state index in [9.17, 15) is 19.5 Å². The second-order valence-electron chi connectivity index (χ2n) is 8.15. The lowest BCUT2D eigenvalue weighted by molar-refractivity contribution is -0.145. The topological polar surface area (TPSA) is 108 Å². The Kier molecular flexibility index (Phi) is 6.79. The molecule has 7 heteroatoms. The molecular weight excluding hydrogens is 360 g/mol. The van der Waals surface area contributed by atoms with Gasteiger partial charge in [-0.15, -0.1) is 0 Å². The minimum Gasteiger partial charge on any atom is -0.480 e. The summed E-state index contributed by atoms with van der Waals surface area (Å²) >= 11 is 0. The van der Waals surface area contributed by atoms with Gasteiger partial charge in [-0.25, -0.2) is 9.59 Å². The predicted octanol–water partition coefficient (Wildman–Crippen LogP) is 3.16. The smallest absolute Gasteiger partial charge is 0.411 e. The molecule has 7 nitrogen and oxygen atoms in total. The third-order valence-corrected chi connectivity index (χ3v) is 4.62. The Balaban J connectivity index is 1.95. The number of carboxylic acid groups (broad SMARTS) is 1. The molecule has 0 saturated carbocycles. The second-order valence-corrected chi connectivity index (χ2v) is 8.15. The fourth-order valence-corrected chi connectivity index (χ4v) is 3.32. The number of carbonyl (C=O) groups is 3. The number of hydrogen-bond acceptors (Lipinski definition) is 5. The number of aliphatic carboxylic acids is 1. The van der Waals surface area contributed by atoms with E-state index < -0.39 is 23.7 Å². The maximum atomic E-state index is 12.4. The predicted molar refractivity (Wildman–Crippen MR) is 102 cm³/mol. The van der Waals surface area contributed by atoms with E-state index in [0.717, 1.165) is 5.56 Å². The summed E-state index contributed by atoms with van der Waals surface area (Å²) in [5.41, 5.74) is 0.661. The van der Waals surface area contributed by atoms with Crippen molar-refractivity contribution in [3.8, 4) is 6.07 Å². The van der Waals surface area contributed by atoms with Crippen molar-refractivity contribution in [3.05, 3.63) is 35.4 Å². The zero-order valence-corrected chi connectivity index (χ0v) is 16.5. The maximum absolute atomic E-state index is 12.4. The van der Waals surface area contributed by atoms with Crippen molar-refractivity contribution < 1.29 is 24.2 Å². The Morgan fingerprint density at radius 3 is 2.43 bits per heavy atom. The normalized spacial score (nSPS) is 19.6. The van der Waals surface area contributed by atoms with Crippen LogP contribution in [0, 0.1) is 17.2 Å². The van der Waals surface area contributed by atoms with Crippen LogP contribution < -0.4 is 0 Å². The van der Waals surface area contributed by atoms with E-state index in [1.807, 2.05) is 6.07 Å². The highest BCUT2D eigenvalue weighted by atomic mass is 16.6. The molecule has 0 unspecified atom stereocenters. The van der Waals surface area contributed by atoms with Crippen molar-refractivity contribution in [1.82, 2.24) is 4.90 Å². The van der Waals surface area contributed by atoms with Crippen LogP contribution in [0.1, 0.15) is 51.2 Å². The van der Waals surface area contributed by atoms with E-state index in [0.29, 0.717) is 12.0 Å². The summed E-state index contributed by atoms with van der Waals surface area (Å²) < 4.78 is 5.31. The largest absolute Gasteiger partial charge is 0.480 e. The van der Waals surface area contributed by atoms with Gasteiger partial charge in [-0.3, -0.25) is 9.69 Å². The lowest BCUT2D eigenvalue weighted by Gasteiger charge is -2.37. The van der Waals surface area contributed by atoms with Crippen LogP contribution in [0.3, 0.4) is 0 Å². The standard InChI is InChI=1S/C21H26N2O5/c1-21(2,3)28-20(27)23-9-8-16(12-18(23)19(25)26)11-17(24)10-14-4-6-15(13-22)7-5-14/h4-7,16,18H,8-12H2,1-3H3,(H,25,26)/t16-,18+/m0/s1. The van der Waals surface area contributed by atoms with Crippen molar-refractivity contribution in [1.29, 1.82) is 5.26 Å². The van der Waals surface area contributed by atoms with Gasteiger partial charge in [0.05, 0.1) is 11.6 Å². The number of benzene rings is 1. The Labute approximate surface area is 164 Å². The van der Waals surface area contributed by atoms with Gasteiger partial charge in [0.15, 0.2) is 0 Å². The summed E-state index contributed by atoms with van der Waals surface area (Å²) in [6.45, 7) is 5.44. The molecule has 150 valence electrons. The highest BCUT2D eigenvalue weighted by Gasteiger charge is 2.38. The molecule has 1 aromatic carbocycles. The molecule has 1 aliphatic rings. The summed E-state index contributed by atoms with van der Waals surface area (Å²) in [5, 5.41) is 18.3. The number of carbonyl (C=O) groups excluding carboxylic acids is 2. The number of hydrogen-bond donors (Lipinski definition) is 1. The van der Waals surface area contributed by atoms with Crippen LogP contribution in [0.25, 0.3) is 0 Å². The Hall–Kier alpha value is -2.88. The number of Topliss-reactive ketones (excluding diaryl/α,β-unsaturated/α-hetero) is 1. The van der Waals surface area contributed by atoms with Crippen LogP contribution in [-0.2, 0) is 20.7 Å². The number of rotatable bonds is 5. The molecule has 1 N–H and O–H groups in total. The summed E-state index contributed by atoms with van der Waals surface area (Å²) in [6, 6.07) is 7.88. The minimum atomic E-state index is -1.09. The molecule has 0 radical (unpaired) electrons. The van der Waals surface area contributed by atoms with Crippen LogP contribution >= 0.6 is 0 Å². The molecule has 1 aliphatic heterocycles. The Morgan fingerprint density at radius 1 is 1.25 bits per heavy atom. The SMILES string of the molecule is CC(C)(C)OC(=O)N1CC[C@@H](CC(=O)Cc2ccc(C#N)cc2)C[C@@H]1C(=O)O. The fourth-order valence-electron chi connectivity index (χ4n) is 3.32. The first-order chi connectivity index (χ1) is 13.1. The molecule has 1 saturated heterocycles. The van der Waals surface area contributed by atoms with Crippen LogP contribution in [-0.4, -0.2) is 46.0 Å². The van der Waals surface area contributed by atoms with Gasteiger partial charge in [0.2, 0.25) is 0 Å². The van der Waals surface area contributed by atoms with Crippen LogP contribution in [0.2, 0.25) is 0 Å². The van der Waals surface area contributed by atoms with Crippen molar-refractivity contribution in [3.63, 3.8) is 0 Å².